The van der Waals surface area contributed by atoms with Crippen LogP contribution in [0.3, 0.4) is 0 Å². The fourth-order valence-corrected chi connectivity index (χ4v) is 4.97. The Hall–Kier alpha value is -2.84. The number of aromatic nitrogens is 2. The molecule has 1 atom stereocenters. The SMILES string of the molecule is COC(=S)[C@@H](OC(C)(C)C)c1c(C)nc2c(cc(C=O)n2C)c1-c1cc(F)c2c(c1C)CCCO2. The molecule has 0 amide bonds. The van der Waals surface area contributed by atoms with Crippen molar-refractivity contribution < 1.29 is 23.4 Å². The van der Waals surface area contributed by atoms with E-state index in [-0.39, 0.29) is 5.05 Å². The van der Waals surface area contributed by atoms with Gasteiger partial charge in [0.05, 0.1) is 25.0 Å². The zero-order chi connectivity index (χ0) is 25.7. The smallest absolute Gasteiger partial charge is 0.193 e. The predicted molar refractivity (Wildman–Crippen MR) is 138 cm³/mol. The minimum Gasteiger partial charge on any atom is -0.490 e. The molecule has 186 valence electrons. The number of carbonyl (C=O) groups is 1. The molecule has 3 heterocycles. The second-order valence-corrected chi connectivity index (χ2v) is 10.3. The van der Waals surface area contributed by atoms with Crippen molar-refractivity contribution in [1.29, 1.82) is 0 Å². The molecule has 0 saturated carbocycles. The van der Waals surface area contributed by atoms with Crippen LogP contribution in [0.15, 0.2) is 12.1 Å². The molecule has 2 aromatic heterocycles. The van der Waals surface area contributed by atoms with E-state index in [0.717, 1.165) is 41.2 Å². The highest BCUT2D eigenvalue weighted by Crippen LogP contribution is 2.45. The number of nitrogens with zero attached hydrogens (tertiary/aromatic N) is 2. The van der Waals surface area contributed by atoms with Gasteiger partial charge in [0.25, 0.3) is 0 Å². The normalized spacial score (nSPS) is 14.4. The predicted octanol–water partition coefficient (Wildman–Crippen LogP) is 5.96. The molecule has 4 rings (SSSR count). The summed E-state index contributed by atoms with van der Waals surface area (Å²) in [6.45, 7) is 10.2. The largest absolute Gasteiger partial charge is 0.490 e. The molecule has 35 heavy (non-hydrogen) atoms. The minimum atomic E-state index is -0.739. The number of ether oxygens (including phenoxy) is 3. The van der Waals surface area contributed by atoms with Gasteiger partial charge in [-0.3, -0.25) is 4.79 Å². The van der Waals surface area contributed by atoms with Crippen molar-refractivity contribution in [2.24, 2.45) is 7.05 Å². The van der Waals surface area contributed by atoms with Crippen LogP contribution in [0.2, 0.25) is 0 Å². The summed E-state index contributed by atoms with van der Waals surface area (Å²) < 4.78 is 34.7. The maximum absolute atomic E-state index is 15.4. The monoisotopic (exact) mass is 498 g/mol. The Morgan fingerprint density at radius 2 is 2.03 bits per heavy atom. The number of hydrogen-bond donors (Lipinski definition) is 0. The number of benzene rings is 1. The summed E-state index contributed by atoms with van der Waals surface area (Å²) in [5.74, 6) is -0.0966. The fourth-order valence-electron chi connectivity index (χ4n) is 4.80. The molecular weight excluding hydrogens is 467 g/mol. The molecular formula is C27H31FN2O4S. The minimum absolute atomic E-state index is 0.247. The van der Waals surface area contributed by atoms with E-state index in [0.29, 0.717) is 40.5 Å². The molecule has 1 aromatic carbocycles. The Bertz CT molecular complexity index is 1340. The number of hydrogen-bond acceptors (Lipinski definition) is 6. The molecule has 1 aliphatic heterocycles. The Balaban J connectivity index is 2.15. The third kappa shape index (κ3) is 4.45. The van der Waals surface area contributed by atoms with Gasteiger partial charge in [-0.1, -0.05) is 0 Å². The van der Waals surface area contributed by atoms with E-state index in [1.807, 2.05) is 34.6 Å². The lowest BCUT2D eigenvalue weighted by Crippen LogP contribution is -2.28. The number of thiocarbonyl (C=S) groups is 1. The average Bonchev–Trinajstić information content (AvgIpc) is 3.13. The van der Waals surface area contributed by atoms with Crippen molar-refractivity contribution in [3.63, 3.8) is 0 Å². The van der Waals surface area contributed by atoms with Crippen molar-refractivity contribution in [3.05, 3.63) is 46.0 Å². The first-order chi connectivity index (χ1) is 16.5. The summed E-state index contributed by atoms with van der Waals surface area (Å²) in [6, 6.07) is 3.29. The zero-order valence-electron chi connectivity index (χ0n) is 21.2. The summed E-state index contributed by atoms with van der Waals surface area (Å²) in [6.07, 6.45) is 1.59. The number of rotatable bonds is 5. The van der Waals surface area contributed by atoms with Crippen LogP contribution in [-0.2, 0) is 22.9 Å². The van der Waals surface area contributed by atoms with Gasteiger partial charge in [-0.15, -0.1) is 0 Å². The Kier molecular flexibility index (Phi) is 6.72. The van der Waals surface area contributed by atoms with Crippen molar-refractivity contribution in [2.75, 3.05) is 13.7 Å². The fraction of sp³-hybridized carbons (Fsp3) is 0.444. The Morgan fingerprint density at radius 1 is 1.31 bits per heavy atom. The Labute approximate surface area is 210 Å². The molecule has 6 nitrogen and oxygen atoms in total. The van der Waals surface area contributed by atoms with Crippen molar-refractivity contribution in [3.8, 4) is 16.9 Å². The Morgan fingerprint density at radius 3 is 2.66 bits per heavy atom. The summed E-state index contributed by atoms with van der Waals surface area (Å²) in [7, 11) is 3.30. The first-order valence-electron chi connectivity index (χ1n) is 11.6. The average molecular weight is 499 g/mol. The highest BCUT2D eigenvalue weighted by Gasteiger charge is 2.33. The topological polar surface area (TPSA) is 62.6 Å². The first kappa shape index (κ1) is 25.3. The van der Waals surface area contributed by atoms with E-state index >= 15 is 4.39 Å². The third-order valence-corrected chi connectivity index (χ3v) is 6.80. The second-order valence-electron chi connectivity index (χ2n) is 9.89. The van der Waals surface area contributed by atoms with Crippen LogP contribution < -0.4 is 4.74 Å². The molecule has 0 spiro atoms. The molecule has 8 heteroatoms. The number of halogens is 1. The van der Waals surface area contributed by atoms with Crippen LogP contribution in [0.25, 0.3) is 22.2 Å². The van der Waals surface area contributed by atoms with Gasteiger partial charge in [-0.25, -0.2) is 9.37 Å². The number of aryl methyl sites for hydroxylation is 2. The van der Waals surface area contributed by atoms with E-state index in [1.165, 1.54) is 13.2 Å². The lowest BCUT2D eigenvalue weighted by Gasteiger charge is -2.31. The molecule has 0 bridgehead atoms. The van der Waals surface area contributed by atoms with Crippen molar-refractivity contribution in [2.45, 2.75) is 59.2 Å². The molecule has 0 saturated heterocycles. The molecule has 1 aliphatic rings. The number of fused-ring (bicyclic) bond motifs is 2. The second kappa shape index (κ2) is 9.32. The zero-order valence-corrected chi connectivity index (χ0v) is 22.1. The van der Waals surface area contributed by atoms with E-state index in [4.69, 9.17) is 31.4 Å². The summed E-state index contributed by atoms with van der Waals surface area (Å²) in [4.78, 5) is 16.6. The molecule has 3 aromatic rings. The van der Waals surface area contributed by atoms with Crippen LogP contribution in [0.5, 0.6) is 5.75 Å². The highest BCUT2D eigenvalue weighted by atomic mass is 32.1. The van der Waals surface area contributed by atoms with Gasteiger partial charge in [0, 0.05) is 34.8 Å². The maximum atomic E-state index is 15.4. The van der Waals surface area contributed by atoms with Crippen LogP contribution in [0, 0.1) is 19.7 Å². The van der Waals surface area contributed by atoms with E-state index < -0.39 is 17.5 Å². The van der Waals surface area contributed by atoms with E-state index in [2.05, 4.69) is 0 Å². The number of aldehydes is 1. The number of methoxy groups -OCH3 is 1. The third-order valence-electron chi connectivity index (χ3n) is 6.42. The van der Waals surface area contributed by atoms with Crippen molar-refractivity contribution in [1.82, 2.24) is 9.55 Å². The van der Waals surface area contributed by atoms with Gasteiger partial charge < -0.3 is 18.8 Å². The summed E-state index contributed by atoms with van der Waals surface area (Å²) in [5.41, 5.74) is 5.09. The summed E-state index contributed by atoms with van der Waals surface area (Å²) in [5, 5.41) is 0.965. The van der Waals surface area contributed by atoms with E-state index in [1.54, 1.807) is 17.7 Å². The van der Waals surface area contributed by atoms with Crippen LogP contribution in [0.1, 0.15) is 66.2 Å². The highest BCUT2D eigenvalue weighted by molar-refractivity contribution is 7.80. The van der Waals surface area contributed by atoms with Gasteiger partial charge >= 0.3 is 0 Å². The van der Waals surface area contributed by atoms with Gasteiger partial charge in [0.2, 0.25) is 0 Å². The number of carbonyl (C=O) groups excluding carboxylic acids is 1. The van der Waals surface area contributed by atoms with Gasteiger partial charge in [-0.2, -0.15) is 0 Å². The standard InChI is InChI=1S/C27H31FN2O4S/c1-14-17-9-8-10-33-23(17)20(28)12-18(14)22-19-11-16(13-31)30(6)25(19)29-15(2)21(22)24(26(35)32-7)34-27(3,4)5/h11-13,24H,8-10H2,1-7H3/t24-/m0/s1. The van der Waals surface area contributed by atoms with Crippen molar-refractivity contribution >= 4 is 34.6 Å². The van der Waals surface area contributed by atoms with Crippen LogP contribution in [-0.4, -0.2) is 40.2 Å². The number of pyridine rings is 1. The quantitative estimate of drug-likeness (QED) is 0.319. The molecule has 0 aliphatic carbocycles. The molecule has 0 radical (unpaired) electrons. The molecule has 0 fully saturated rings. The summed E-state index contributed by atoms with van der Waals surface area (Å²) >= 11 is 5.60. The van der Waals surface area contributed by atoms with E-state index in [9.17, 15) is 4.79 Å². The lowest BCUT2D eigenvalue weighted by molar-refractivity contribution is -0.0368. The van der Waals surface area contributed by atoms with Crippen LogP contribution >= 0.6 is 12.2 Å². The first-order valence-corrected chi connectivity index (χ1v) is 12.0. The van der Waals surface area contributed by atoms with Gasteiger partial charge in [0.1, 0.15) is 5.65 Å². The van der Waals surface area contributed by atoms with Crippen LogP contribution in [0.4, 0.5) is 4.39 Å². The lowest BCUT2D eigenvalue weighted by atomic mass is 9.86. The van der Waals surface area contributed by atoms with Gasteiger partial charge in [-0.05, 0) is 82.9 Å². The molecule has 0 N–H and O–H groups in total. The van der Waals surface area contributed by atoms with Gasteiger partial charge in [0.15, 0.2) is 29.0 Å². The molecule has 0 unspecified atom stereocenters. The maximum Gasteiger partial charge on any atom is 0.193 e.